The van der Waals surface area contributed by atoms with Gasteiger partial charge in [-0.2, -0.15) is 0 Å². The number of aromatic nitrogens is 1. The van der Waals surface area contributed by atoms with Crippen LogP contribution in [-0.4, -0.2) is 27.6 Å². The smallest absolute Gasteiger partial charge is 0.224 e. The number of nitrogens with zero attached hydrogens (tertiary/aromatic N) is 2. The number of hydrogen-bond acceptors (Lipinski definition) is 3. The van der Waals surface area contributed by atoms with Crippen molar-refractivity contribution in [1.82, 2.24) is 9.88 Å². The van der Waals surface area contributed by atoms with Gasteiger partial charge in [0.25, 0.3) is 0 Å². The lowest BCUT2D eigenvalue weighted by Gasteiger charge is -2.21. The molecule has 1 aromatic rings. The number of pyridine rings is 1. The molecule has 4 nitrogen and oxygen atoms in total. The molecule has 1 aliphatic rings. The standard InChI is InChI=1S/C10H12N2O2/c13-7-12-9(3-4-10(12)14)8-2-1-5-11-6-8/h1-2,5-6,9,13H,3-4,7H2/t9-/m0/s1. The first-order valence-corrected chi connectivity index (χ1v) is 4.63. The van der Waals surface area contributed by atoms with Gasteiger partial charge in [-0.15, -0.1) is 0 Å². The Balaban J connectivity index is 2.23. The van der Waals surface area contributed by atoms with E-state index in [2.05, 4.69) is 4.98 Å². The van der Waals surface area contributed by atoms with Crippen LogP contribution in [0.1, 0.15) is 24.4 Å². The molecule has 0 saturated carbocycles. The Morgan fingerprint density at radius 1 is 1.64 bits per heavy atom. The second kappa shape index (κ2) is 3.75. The predicted octanol–water partition coefficient (Wildman–Crippen LogP) is 0.695. The molecule has 0 aliphatic carbocycles. The van der Waals surface area contributed by atoms with E-state index in [4.69, 9.17) is 5.11 Å². The van der Waals surface area contributed by atoms with Crippen molar-refractivity contribution in [3.63, 3.8) is 0 Å². The Bertz CT molecular complexity index is 326. The zero-order chi connectivity index (χ0) is 9.97. The van der Waals surface area contributed by atoms with Gasteiger partial charge in [0.1, 0.15) is 6.73 Å². The molecule has 0 unspecified atom stereocenters. The van der Waals surface area contributed by atoms with Crippen molar-refractivity contribution in [2.24, 2.45) is 0 Å². The minimum absolute atomic E-state index is 0.00111. The first kappa shape index (κ1) is 9.15. The van der Waals surface area contributed by atoms with Gasteiger partial charge in [0, 0.05) is 18.8 Å². The van der Waals surface area contributed by atoms with E-state index in [9.17, 15) is 4.79 Å². The maximum atomic E-state index is 11.3. The fourth-order valence-electron chi connectivity index (χ4n) is 1.83. The van der Waals surface area contributed by atoms with Gasteiger partial charge in [-0.1, -0.05) is 6.07 Å². The van der Waals surface area contributed by atoms with E-state index in [-0.39, 0.29) is 18.7 Å². The van der Waals surface area contributed by atoms with E-state index < -0.39 is 0 Å². The van der Waals surface area contributed by atoms with Crippen LogP contribution in [0.2, 0.25) is 0 Å². The van der Waals surface area contributed by atoms with Crippen LogP contribution in [0.3, 0.4) is 0 Å². The zero-order valence-corrected chi connectivity index (χ0v) is 7.76. The van der Waals surface area contributed by atoms with Crippen molar-refractivity contribution in [3.8, 4) is 0 Å². The molecule has 1 N–H and O–H groups in total. The number of aliphatic hydroxyl groups excluding tert-OH is 1. The average Bonchev–Trinajstić information content (AvgIpc) is 2.61. The number of likely N-dealkylation sites (tertiary alicyclic amines) is 1. The molecule has 2 rings (SSSR count). The Hall–Kier alpha value is -1.42. The first-order chi connectivity index (χ1) is 6.83. The number of carbonyl (C=O) groups is 1. The van der Waals surface area contributed by atoms with Crippen molar-refractivity contribution in [2.45, 2.75) is 18.9 Å². The zero-order valence-electron chi connectivity index (χ0n) is 7.76. The summed E-state index contributed by atoms with van der Waals surface area (Å²) in [4.78, 5) is 16.8. The number of carbonyl (C=O) groups excluding carboxylic acids is 1. The maximum absolute atomic E-state index is 11.3. The van der Waals surface area contributed by atoms with Crippen LogP contribution in [0, 0.1) is 0 Å². The summed E-state index contributed by atoms with van der Waals surface area (Å²) in [6.07, 6.45) is 4.72. The van der Waals surface area contributed by atoms with E-state index in [1.807, 2.05) is 12.1 Å². The molecule has 2 heterocycles. The minimum atomic E-state index is -0.210. The molecule has 0 radical (unpaired) electrons. The topological polar surface area (TPSA) is 53.4 Å². The van der Waals surface area contributed by atoms with Crippen LogP contribution < -0.4 is 0 Å². The third-order valence-electron chi connectivity index (χ3n) is 2.55. The lowest BCUT2D eigenvalue weighted by molar-refractivity contribution is -0.132. The number of aliphatic hydroxyl groups is 1. The second-order valence-corrected chi connectivity index (χ2v) is 3.35. The Kier molecular flexibility index (Phi) is 2.45. The molecule has 0 spiro atoms. The van der Waals surface area contributed by atoms with Crippen molar-refractivity contribution in [3.05, 3.63) is 30.1 Å². The van der Waals surface area contributed by atoms with Gasteiger partial charge in [0.2, 0.25) is 5.91 Å². The van der Waals surface area contributed by atoms with E-state index >= 15 is 0 Å². The number of rotatable bonds is 2. The lowest BCUT2D eigenvalue weighted by atomic mass is 10.1. The quantitative estimate of drug-likeness (QED) is 0.750. The summed E-state index contributed by atoms with van der Waals surface area (Å²) in [5.74, 6) is 0.0151. The number of amides is 1. The van der Waals surface area contributed by atoms with Crippen LogP contribution >= 0.6 is 0 Å². The molecule has 0 bridgehead atoms. The highest BCUT2D eigenvalue weighted by atomic mass is 16.3. The third-order valence-corrected chi connectivity index (χ3v) is 2.55. The summed E-state index contributed by atoms with van der Waals surface area (Å²) in [5.41, 5.74) is 0.993. The molecule has 1 fully saturated rings. The van der Waals surface area contributed by atoms with Crippen LogP contribution in [0.15, 0.2) is 24.5 Å². The van der Waals surface area contributed by atoms with E-state index in [1.54, 1.807) is 12.4 Å². The van der Waals surface area contributed by atoms with Gasteiger partial charge in [0.05, 0.1) is 6.04 Å². The Morgan fingerprint density at radius 3 is 3.14 bits per heavy atom. The highest BCUT2D eigenvalue weighted by molar-refractivity contribution is 5.78. The van der Waals surface area contributed by atoms with Gasteiger partial charge in [-0.3, -0.25) is 9.78 Å². The monoisotopic (exact) mass is 192 g/mol. The van der Waals surface area contributed by atoms with Crippen molar-refractivity contribution < 1.29 is 9.90 Å². The van der Waals surface area contributed by atoms with Crippen LogP contribution in [0.25, 0.3) is 0 Å². The van der Waals surface area contributed by atoms with Crippen molar-refractivity contribution >= 4 is 5.91 Å². The van der Waals surface area contributed by atoms with Gasteiger partial charge in [0.15, 0.2) is 0 Å². The summed E-state index contributed by atoms with van der Waals surface area (Å²) in [6.45, 7) is -0.210. The Morgan fingerprint density at radius 2 is 2.50 bits per heavy atom. The fourth-order valence-corrected chi connectivity index (χ4v) is 1.83. The molecule has 1 aromatic heterocycles. The first-order valence-electron chi connectivity index (χ1n) is 4.63. The molecule has 1 atom stereocenters. The summed E-state index contributed by atoms with van der Waals surface area (Å²) < 4.78 is 0. The van der Waals surface area contributed by atoms with Crippen molar-refractivity contribution in [1.29, 1.82) is 0 Å². The summed E-state index contributed by atoms with van der Waals surface area (Å²) in [7, 11) is 0. The minimum Gasteiger partial charge on any atom is -0.376 e. The average molecular weight is 192 g/mol. The van der Waals surface area contributed by atoms with Crippen molar-refractivity contribution in [2.75, 3.05) is 6.73 Å². The highest BCUT2D eigenvalue weighted by Gasteiger charge is 2.31. The molecule has 4 heteroatoms. The van der Waals surface area contributed by atoms with Crippen LogP contribution in [0.5, 0.6) is 0 Å². The van der Waals surface area contributed by atoms with Gasteiger partial charge in [-0.05, 0) is 18.1 Å². The second-order valence-electron chi connectivity index (χ2n) is 3.35. The maximum Gasteiger partial charge on any atom is 0.224 e. The summed E-state index contributed by atoms with van der Waals surface area (Å²) >= 11 is 0. The molecule has 14 heavy (non-hydrogen) atoms. The fraction of sp³-hybridized carbons (Fsp3) is 0.400. The third kappa shape index (κ3) is 1.48. The summed E-state index contributed by atoms with van der Waals surface area (Å²) in [6, 6.07) is 3.77. The predicted molar refractivity (Wildman–Crippen MR) is 50.1 cm³/mol. The highest BCUT2D eigenvalue weighted by Crippen LogP contribution is 2.31. The summed E-state index contributed by atoms with van der Waals surface area (Å²) in [5, 5.41) is 9.05. The van der Waals surface area contributed by atoms with Gasteiger partial charge < -0.3 is 10.0 Å². The molecule has 0 aromatic carbocycles. The molecular weight excluding hydrogens is 180 g/mol. The molecule has 74 valence electrons. The molecular formula is C10H12N2O2. The largest absolute Gasteiger partial charge is 0.376 e. The van der Waals surface area contributed by atoms with Crippen LogP contribution in [-0.2, 0) is 4.79 Å². The molecule has 1 saturated heterocycles. The molecule has 1 aliphatic heterocycles. The van der Waals surface area contributed by atoms with E-state index in [1.165, 1.54) is 4.90 Å². The van der Waals surface area contributed by atoms with E-state index in [0.29, 0.717) is 6.42 Å². The number of hydrogen-bond donors (Lipinski definition) is 1. The normalized spacial score (nSPS) is 21.6. The van der Waals surface area contributed by atoms with Gasteiger partial charge >= 0.3 is 0 Å². The van der Waals surface area contributed by atoms with Crippen LogP contribution in [0.4, 0.5) is 0 Å². The lowest BCUT2D eigenvalue weighted by Crippen LogP contribution is -2.28. The molecule has 1 amide bonds. The van der Waals surface area contributed by atoms with Gasteiger partial charge in [-0.25, -0.2) is 0 Å². The SMILES string of the molecule is O=C1CC[C@@H](c2cccnc2)N1CO. The van der Waals surface area contributed by atoms with E-state index in [0.717, 1.165) is 12.0 Å². The Labute approximate surface area is 82.2 Å².